The van der Waals surface area contributed by atoms with E-state index >= 15 is 0 Å². The molecule has 0 fully saturated rings. The second-order valence-electron chi connectivity index (χ2n) is 3.66. The largest absolute Gasteiger partial charge is 0.388 e. The van der Waals surface area contributed by atoms with E-state index in [1.54, 1.807) is 12.1 Å². The normalized spacial score (nSPS) is 10.0. The molecule has 3 heteroatoms. The van der Waals surface area contributed by atoms with Gasteiger partial charge in [-0.05, 0) is 48.5 Å². The molecule has 0 aliphatic heterocycles. The van der Waals surface area contributed by atoms with Crippen LogP contribution in [0.1, 0.15) is 15.9 Å². The molecule has 2 nitrogen and oxygen atoms in total. The van der Waals surface area contributed by atoms with Gasteiger partial charge < -0.3 is 5.32 Å². The molecule has 0 radical (unpaired) electrons. The fraction of sp³-hybridized carbons (Fsp3) is 0.0714. The Morgan fingerprint density at radius 3 is 1.88 bits per heavy atom. The van der Waals surface area contributed by atoms with Crippen molar-refractivity contribution in [3.8, 4) is 0 Å². The molecule has 0 atom stereocenters. The first-order valence-electron chi connectivity index (χ1n) is 5.29. The number of anilines is 1. The van der Waals surface area contributed by atoms with Gasteiger partial charge in [0.2, 0.25) is 0 Å². The van der Waals surface area contributed by atoms with Crippen LogP contribution in [-0.2, 0) is 0 Å². The van der Waals surface area contributed by atoms with Crippen molar-refractivity contribution < 1.29 is 9.18 Å². The summed E-state index contributed by atoms with van der Waals surface area (Å²) >= 11 is 0. The van der Waals surface area contributed by atoms with Crippen LogP contribution in [0.15, 0.2) is 48.5 Å². The zero-order chi connectivity index (χ0) is 12.3. The minimum Gasteiger partial charge on any atom is -0.388 e. The third-order valence-corrected chi connectivity index (χ3v) is 2.54. The first-order chi connectivity index (χ1) is 8.20. The van der Waals surface area contributed by atoms with Crippen molar-refractivity contribution in [1.29, 1.82) is 0 Å². The lowest BCUT2D eigenvalue weighted by Crippen LogP contribution is -2.01. The van der Waals surface area contributed by atoms with E-state index in [9.17, 15) is 9.18 Å². The summed E-state index contributed by atoms with van der Waals surface area (Å²) < 4.78 is 12.7. The Morgan fingerprint density at radius 2 is 1.41 bits per heavy atom. The van der Waals surface area contributed by atoms with Crippen molar-refractivity contribution >= 4 is 11.5 Å². The molecule has 2 aromatic carbocycles. The zero-order valence-corrected chi connectivity index (χ0v) is 9.41. The van der Waals surface area contributed by atoms with E-state index in [-0.39, 0.29) is 11.6 Å². The molecular formula is C14H12FNO. The summed E-state index contributed by atoms with van der Waals surface area (Å²) in [5.41, 5.74) is 2.03. The lowest BCUT2D eigenvalue weighted by atomic mass is 10.0. The van der Waals surface area contributed by atoms with Crippen LogP contribution < -0.4 is 5.32 Å². The van der Waals surface area contributed by atoms with Gasteiger partial charge in [-0.3, -0.25) is 4.79 Å². The maximum Gasteiger partial charge on any atom is 0.193 e. The highest BCUT2D eigenvalue weighted by molar-refractivity contribution is 6.09. The van der Waals surface area contributed by atoms with E-state index in [0.29, 0.717) is 11.1 Å². The molecule has 0 saturated carbocycles. The van der Waals surface area contributed by atoms with Crippen LogP contribution in [-0.4, -0.2) is 12.8 Å². The molecule has 86 valence electrons. The predicted octanol–water partition coefficient (Wildman–Crippen LogP) is 3.10. The fourth-order valence-electron chi connectivity index (χ4n) is 1.56. The minimum atomic E-state index is -0.341. The van der Waals surface area contributed by atoms with Gasteiger partial charge in [0.1, 0.15) is 5.82 Å². The highest BCUT2D eigenvalue weighted by Crippen LogP contribution is 2.13. The summed E-state index contributed by atoms with van der Waals surface area (Å²) in [6.45, 7) is 0. The molecule has 0 heterocycles. The highest BCUT2D eigenvalue weighted by atomic mass is 19.1. The average molecular weight is 229 g/mol. The first-order valence-corrected chi connectivity index (χ1v) is 5.29. The van der Waals surface area contributed by atoms with E-state index in [2.05, 4.69) is 5.32 Å². The van der Waals surface area contributed by atoms with Crippen molar-refractivity contribution in [2.24, 2.45) is 0 Å². The van der Waals surface area contributed by atoms with Gasteiger partial charge in [0, 0.05) is 23.9 Å². The molecule has 0 aliphatic rings. The molecule has 0 unspecified atom stereocenters. The topological polar surface area (TPSA) is 29.1 Å². The Bertz CT molecular complexity index is 517. The van der Waals surface area contributed by atoms with Crippen molar-refractivity contribution in [2.45, 2.75) is 0 Å². The maximum absolute atomic E-state index is 12.7. The first kappa shape index (κ1) is 11.3. The summed E-state index contributed by atoms with van der Waals surface area (Å²) in [4.78, 5) is 12.0. The number of carbonyl (C=O) groups excluding carboxylic acids is 1. The van der Waals surface area contributed by atoms with E-state index < -0.39 is 0 Å². The Labute approximate surface area is 99.1 Å². The Kier molecular flexibility index (Phi) is 3.19. The molecule has 0 spiro atoms. The molecule has 2 rings (SSSR count). The summed E-state index contributed by atoms with van der Waals surface area (Å²) in [5.74, 6) is -0.445. The highest BCUT2D eigenvalue weighted by Gasteiger charge is 2.08. The van der Waals surface area contributed by atoms with Gasteiger partial charge in [0.25, 0.3) is 0 Å². The van der Waals surface area contributed by atoms with Crippen molar-refractivity contribution in [3.63, 3.8) is 0 Å². The lowest BCUT2D eigenvalue weighted by Gasteiger charge is -2.03. The van der Waals surface area contributed by atoms with Crippen LogP contribution in [0.25, 0.3) is 0 Å². The smallest absolute Gasteiger partial charge is 0.193 e. The number of ketones is 1. The summed E-state index contributed by atoms with van der Waals surface area (Å²) in [6.07, 6.45) is 0. The second kappa shape index (κ2) is 4.78. The van der Waals surface area contributed by atoms with Crippen LogP contribution in [0.3, 0.4) is 0 Å². The van der Waals surface area contributed by atoms with Crippen LogP contribution in [0.2, 0.25) is 0 Å². The van der Waals surface area contributed by atoms with Crippen molar-refractivity contribution in [2.75, 3.05) is 12.4 Å². The standard InChI is InChI=1S/C14H12FNO/c1-16-13-8-4-11(5-9-13)14(17)10-2-6-12(15)7-3-10/h2-9,16H,1H3. The third-order valence-electron chi connectivity index (χ3n) is 2.54. The lowest BCUT2D eigenvalue weighted by molar-refractivity contribution is 0.103. The number of nitrogens with one attached hydrogen (secondary N) is 1. The number of hydrogen-bond donors (Lipinski definition) is 1. The summed E-state index contributed by atoms with van der Waals surface area (Å²) in [6, 6.07) is 12.7. The number of hydrogen-bond acceptors (Lipinski definition) is 2. The second-order valence-corrected chi connectivity index (χ2v) is 3.66. The minimum absolute atomic E-state index is 0.104. The Hall–Kier alpha value is -2.16. The van der Waals surface area contributed by atoms with Gasteiger partial charge in [-0.1, -0.05) is 0 Å². The van der Waals surface area contributed by atoms with E-state index in [4.69, 9.17) is 0 Å². The molecule has 0 saturated heterocycles. The van der Waals surface area contributed by atoms with E-state index in [0.717, 1.165) is 5.69 Å². The van der Waals surface area contributed by atoms with Crippen LogP contribution in [0, 0.1) is 5.82 Å². The Morgan fingerprint density at radius 1 is 0.941 bits per heavy atom. The van der Waals surface area contributed by atoms with Crippen LogP contribution in [0.5, 0.6) is 0 Å². The molecule has 17 heavy (non-hydrogen) atoms. The maximum atomic E-state index is 12.7. The molecule has 0 amide bonds. The number of benzene rings is 2. The van der Waals surface area contributed by atoms with Gasteiger partial charge in [-0.25, -0.2) is 4.39 Å². The summed E-state index contributed by atoms with van der Waals surface area (Å²) in [7, 11) is 1.82. The molecule has 0 aromatic heterocycles. The van der Waals surface area contributed by atoms with Gasteiger partial charge >= 0.3 is 0 Å². The number of halogens is 1. The fourth-order valence-corrected chi connectivity index (χ4v) is 1.56. The monoisotopic (exact) mass is 229 g/mol. The zero-order valence-electron chi connectivity index (χ0n) is 9.41. The number of rotatable bonds is 3. The number of carbonyl (C=O) groups is 1. The predicted molar refractivity (Wildman–Crippen MR) is 65.8 cm³/mol. The van der Waals surface area contributed by atoms with Crippen LogP contribution in [0.4, 0.5) is 10.1 Å². The quantitative estimate of drug-likeness (QED) is 0.819. The SMILES string of the molecule is CNc1ccc(C(=O)c2ccc(F)cc2)cc1. The van der Waals surface area contributed by atoms with Gasteiger partial charge in [0.15, 0.2) is 5.78 Å². The molecule has 0 bridgehead atoms. The summed E-state index contributed by atoms with van der Waals surface area (Å²) in [5, 5.41) is 2.98. The van der Waals surface area contributed by atoms with E-state index in [1.807, 2.05) is 19.2 Å². The van der Waals surface area contributed by atoms with Crippen molar-refractivity contribution in [3.05, 3.63) is 65.5 Å². The van der Waals surface area contributed by atoms with Gasteiger partial charge in [-0.2, -0.15) is 0 Å². The van der Waals surface area contributed by atoms with Gasteiger partial charge in [0.05, 0.1) is 0 Å². The molecular weight excluding hydrogens is 217 g/mol. The van der Waals surface area contributed by atoms with Gasteiger partial charge in [-0.15, -0.1) is 0 Å². The average Bonchev–Trinajstić information content (AvgIpc) is 2.39. The Balaban J connectivity index is 2.27. The molecule has 2 aromatic rings. The molecule has 1 N–H and O–H groups in total. The third kappa shape index (κ3) is 2.50. The molecule has 0 aliphatic carbocycles. The van der Waals surface area contributed by atoms with E-state index in [1.165, 1.54) is 24.3 Å². The van der Waals surface area contributed by atoms with Crippen molar-refractivity contribution in [1.82, 2.24) is 0 Å². The van der Waals surface area contributed by atoms with Crippen LogP contribution >= 0.6 is 0 Å².